The molecule has 3 N–H and O–H groups in total. The van der Waals surface area contributed by atoms with E-state index >= 15 is 0 Å². The van der Waals surface area contributed by atoms with Gasteiger partial charge in [0, 0.05) is 49.2 Å². The molecule has 17 nitrogen and oxygen atoms in total. The van der Waals surface area contributed by atoms with Crippen LogP contribution in [0.15, 0.2) is 90.6 Å². The Balaban J connectivity index is 0.641. The Bertz CT molecular complexity index is 2800. The molecule has 2 aliphatic carbocycles. The quantitative estimate of drug-likeness (QED) is 0.0416. The molecule has 77 heavy (non-hydrogen) atoms. The van der Waals surface area contributed by atoms with Gasteiger partial charge in [0.15, 0.2) is 0 Å². The van der Waals surface area contributed by atoms with E-state index < -0.39 is 6.04 Å². The molecule has 3 atom stereocenters. The fraction of sp³-hybridized carbons (Fsp3) is 0.525. The third-order valence-electron chi connectivity index (χ3n) is 15.2. The minimum atomic E-state index is -0.523. The third-order valence-corrected chi connectivity index (χ3v) is 16.1. The Morgan fingerprint density at radius 2 is 1.47 bits per heavy atom. The Kier molecular flexibility index (Phi) is 20.3. The molecule has 0 unspecified atom stereocenters. The first kappa shape index (κ1) is 55.7. The number of rotatable bonds is 27. The minimum Gasteiger partial charge on any atom is -0.491 e. The SMILES string of the molecule is CN[C@@H](C)C(=O)N[C@H](C(=O)N1CCC[C@H]1c1nc(-c2ccc(OCCOCCOCCOCCOC3CCC(Nc4nccc(-c5cnn(Cc6ccccc6)c5N(C)C)n4)CC3)c3ccccc23)cs1)C1CCCCC1. The molecule has 9 rings (SSSR count). The van der Waals surface area contributed by atoms with Gasteiger partial charge in [-0.15, -0.1) is 11.3 Å². The van der Waals surface area contributed by atoms with Crippen LogP contribution in [-0.2, 0) is 35.1 Å². The van der Waals surface area contributed by atoms with Gasteiger partial charge in [0.05, 0.1) is 94.1 Å². The van der Waals surface area contributed by atoms with Crippen LogP contribution in [-0.4, -0.2) is 146 Å². The van der Waals surface area contributed by atoms with Gasteiger partial charge >= 0.3 is 0 Å². The van der Waals surface area contributed by atoms with Crippen molar-refractivity contribution >= 4 is 45.7 Å². The van der Waals surface area contributed by atoms with E-state index in [0.29, 0.717) is 71.9 Å². The van der Waals surface area contributed by atoms with E-state index in [-0.39, 0.29) is 42.0 Å². The summed E-state index contributed by atoms with van der Waals surface area (Å²) in [6.45, 7) is 6.99. The molecule has 0 bridgehead atoms. The van der Waals surface area contributed by atoms with Crippen molar-refractivity contribution in [3.8, 4) is 28.3 Å². The number of nitrogens with zero attached hydrogens (tertiary/aromatic N) is 7. The van der Waals surface area contributed by atoms with E-state index in [2.05, 4.69) is 61.5 Å². The summed E-state index contributed by atoms with van der Waals surface area (Å²) < 4.78 is 31.8. The van der Waals surface area contributed by atoms with Crippen LogP contribution in [0.2, 0.25) is 0 Å². The van der Waals surface area contributed by atoms with Crippen LogP contribution in [0.25, 0.3) is 33.3 Å². The molecule has 0 radical (unpaired) electrons. The molecule has 3 aromatic carbocycles. The highest BCUT2D eigenvalue weighted by molar-refractivity contribution is 7.10. The molecule has 2 saturated carbocycles. The molecule has 3 aliphatic rings. The Morgan fingerprint density at radius 3 is 2.21 bits per heavy atom. The lowest BCUT2D eigenvalue weighted by Crippen LogP contribution is -2.55. The number of amides is 2. The molecular formula is C59H78N10O7S. The number of carbonyl (C=O) groups is 2. The predicted molar refractivity (Wildman–Crippen MR) is 302 cm³/mol. The second kappa shape index (κ2) is 28.0. The molecule has 412 valence electrons. The van der Waals surface area contributed by atoms with Gasteiger partial charge in [0.2, 0.25) is 17.8 Å². The van der Waals surface area contributed by atoms with Gasteiger partial charge in [-0.1, -0.05) is 73.9 Å². The molecule has 0 spiro atoms. The highest BCUT2D eigenvalue weighted by atomic mass is 32.1. The number of aromatic nitrogens is 5. The van der Waals surface area contributed by atoms with Crippen LogP contribution in [0.1, 0.15) is 94.2 Å². The number of likely N-dealkylation sites (N-methyl/N-ethyl adjacent to an activating group) is 1. The first-order chi connectivity index (χ1) is 37.7. The average Bonchev–Trinajstić information content (AvgIpc) is 4.27. The van der Waals surface area contributed by atoms with E-state index in [1.807, 2.05) is 85.5 Å². The molecule has 6 aromatic rings. The fourth-order valence-electron chi connectivity index (χ4n) is 11.0. The number of carbonyl (C=O) groups excluding carboxylic acids is 2. The van der Waals surface area contributed by atoms with Gasteiger partial charge in [-0.25, -0.2) is 19.6 Å². The van der Waals surface area contributed by atoms with Gasteiger partial charge in [-0.2, -0.15) is 5.10 Å². The topological polar surface area (TPSA) is 179 Å². The number of anilines is 2. The zero-order valence-corrected chi connectivity index (χ0v) is 46.2. The Hall–Kier alpha value is -6.02. The largest absolute Gasteiger partial charge is 0.491 e. The van der Waals surface area contributed by atoms with Crippen LogP contribution in [0.5, 0.6) is 5.75 Å². The maximum Gasteiger partial charge on any atom is 0.246 e. The lowest BCUT2D eigenvalue weighted by atomic mass is 9.83. The number of ether oxygens (including phenoxy) is 5. The number of hydrogen-bond acceptors (Lipinski definition) is 15. The number of nitrogens with one attached hydrogen (secondary N) is 3. The third kappa shape index (κ3) is 14.8. The number of thiazole rings is 1. The van der Waals surface area contributed by atoms with Crippen molar-refractivity contribution in [1.29, 1.82) is 0 Å². The van der Waals surface area contributed by atoms with Crippen LogP contribution in [0.4, 0.5) is 11.8 Å². The molecule has 1 saturated heterocycles. The maximum atomic E-state index is 14.4. The van der Waals surface area contributed by atoms with Crippen LogP contribution in [0, 0.1) is 5.92 Å². The minimum absolute atomic E-state index is 0.0217. The summed E-state index contributed by atoms with van der Waals surface area (Å²) in [5, 5.41) is 19.5. The van der Waals surface area contributed by atoms with Gasteiger partial charge < -0.3 is 49.4 Å². The zero-order chi connectivity index (χ0) is 53.3. The van der Waals surface area contributed by atoms with Crippen molar-refractivity contribution in [3.63, 3.8) is 0 Å². The van der Waals surface area contributed by atoms with Crippen molar-refractivity contribution < 1.29 is 33.3 Å². The van der Waals surface area contributed by atoms with E-state index in [4.69, 9.17) is 38.8 Å². The van der Waals surface area contributed by atoms with E-state index in [9.17, 15) is 9.59 Å². The van der Waals surface area contributed by atoms with Crippen LogP contribution < -0.4 is 25.6 Å². The number of likely N-dealkylation sites (tertiary alicyclic amines) is 1. The first-order valence-electron chi connectivity index (χ1n) is 27.8. The molecular weight excluding hydrogens is 993 g/mol. The normalized spacial score (nSPS) is 18.8. The van der Waals surface area contributed by atoms with E-state index in [1.165, 1.54) is 12.0 Å². The zero-order valence-electron chi connectivity index (χ0n) is 45.4. The van der Waals surface area contributed by atoms with E-state index in [0.717, 1.165) is 114 Å². The molecule has 1 aliphatic heterocycles. The molecule has 3 aromatic heterocycles. The number of hydrogen-bond donors (Lipinski definition) is 3. The summed E-state index contributed by atoms with van der Waals surface area (Å²) in [6.07, 6.45) is 14.8. The predicted octanol–water partition coefficient (Wildman–Crippen LogP) is 8.94. The van der Waals surface area contributed by atoms with Crippen molar-refractivity contribution in [2.24, 2.45) is 5.92 Å². The van der Waals surface area contributed by atoms with E-state index in [1.54, 1.807) is 18.4 Å². The van der Waals surface area contributed by atoms with Crippen molar-refractivity contribution in [2.75, 3.05) is 90.8 Å². The monoisotopic (exact) mass is 1070 g/mol. The van der Waals surface area contributed by atoms with Gasteiger partial charge in [-0.05, 0) is 100 Å². The van der Waals surface area contributed by atoms with Crippen LogP contribution in [0.3, 0.4) is 0 Å². The summed E-state index contributed by atoms with van der Waals surface area (Å²) in [6, 6.07) is 23.9. The summed E-state index contributed by atoms with van der Waals surface area (Å²) >= 11 is 1.60. The van der Waals surface area contributed by atoms with Gasteiger partial charge in [0.25, 0.3) is 0 Å². The summed E-state index contributed by atoms with van der Waals surface area (Å²) in [5.41, 5.74) is 4.90. The lowest BCUT2D eigenvalue weighted by Gasteiger charge is -2.35. The van der Waals surface area contributed by atoms with Crippen molar-refractivity contribution in [3.05, 3.63) is 101 Å². The molecule has 18 heteroatoms. The molecule has 2 amide bonds. The first-order valence-corrected chi connectivity index (χ1v) is 28.7. The van der Waals surface area contributed by atoms with Crippen molar-refractivity contribution in [1.82, 2.24) is 40.3 Å². The Morgan fingerprint density at radius 1 is 0.753 bits per heavy atom. The van der Waals surface area contributed by atoms with Gasteiger partial charge in [-0.3, -0.25) is 9.59 Å². The number of benzene rings is 3. The number of fused-ring (bicyclic) bond motifs is 1. The maximum absolute atomic E-state index is 14.4. The summed E-state index contributed by atoms with van der Waals surface area (Å²) in [5.74, 6) is 2.45. The second-order valence-corrected chi connectivity index (χ2v) is 21.6. The smallest absolute Gasteiger partial charge is 0.246 e. The standard InChI is InChI=1S/C59H78N10O7S/c1-41(60-2)55(70)66-54(43-16-9-6-10-17-43)58(71)68-29-13-20-52(68)56-64-51(40-77-56)47-25-26-53(48-19-12-11-18-46(47)48)76-37-35-74-33-31-72-30-32-73-34-36-75-45-23-21-44(22-24-45)63-59-61-28-27-50(65-59)49-38-62-69(57(49)67(3)4)39-42-14-7-5-8-15-42/h5,7-8,11-12,14-15,18-19,25-28,38,40-41,43-45,52,54,60H,6,9-10,13,16-17,20-24,29-37,39H2,1-4H3,(H,66,70)(H,61,63,65)/t41-,44?,45?,52-,54-/m0/s1. The molecule has 4 heterocycles. The fourth-order valence-corrected chi connectivity index (χ4v) is 11.9. The highest BCUT2D eigenvalue weighted by Gasteiger charge is 2.40. The summed E-state index contributed by atoms with van der Waals surface area (Å²) in [4.78, 5) is 46.1. The highest BCUT2D eigenvalue weighted by Crippen LogP contribution is 2.40. The second-order valence-electron chi connectivity index (χ2n) is 20.7. The summed E-state index contributed by atoms with van der Waals surface area (Å²) in [7, 11) is 5.84. The van der Waals surface area contributed by atoms with Crippen LogP contribution >= 0.6 is 11.3 Å². The van der Waals surface area contributed by atoms with Crippen molar-refractivity contribution in [2.45, 2.75) is 114 Å². The Labute approximate surface area is 457 Å². The molecule has 3 fully saturated rings. The average molecular weight is 1070 g/mol. The van der Waals surface area contributed by atoms with Gasteiger partial charge in [0.1, 0.15) is 29.2 Å². The lowest BCUT2D eigenvalue weighted by molar-refractivity contribution is -0.139.